The van der Waals surface area contributed by atoms with Crippen molar-refractivity contribution >= 4 is 27.8 Å². The highest BCUT2D eigenvalue weighted by Crippen LogP contribution is 2.28. The van der Waals surface area contributed by atoms with Crippen LogP contribution in [0.5, 0.6) is 5.75 Å². The third-order valence-electron chi connectivity index (χ3n) is 5.86. The summed E-state index contributed by atoms with van der Waals surface area (Å²) in [6, 6.07) is 19.8. The molecule has 0 aliphatic carbocycles. The topological polar surface area (TPSA) is 65.4 Å². The lowest BCUT2D eigenvalue weighted by Crippen LogP contribution is -2.34. The number of hydrogen-bond acceptors (Lipinski definition) is 5. The molecule has 0 radical (unpaired) electrons. The van der Waals surface area contributed by atoms with Gasteiger partial charge < -0.3 is 19.4 Å². The van der Waals surface area contributed by atoms with Gasteiger partial charge in [0.25, 0.3) is 0 Å². The van der Waals surface area contributed by atoms with Gasteiger partial charge in [0, 0.05) is 7.05 Å². The molecule has 1 aliphatic rings. The van der Waals surface area contributed by atoms with Gasteiger partial charge in [-0.15, -0.1) is 0 Å². The number of benzene rings is 3. The van der Waals surface area contributed by atoms with Crippen LogP contribution in [0.25, 0.3) is 21.8 Å². The Morgan fingerprint density at radius 1 is 1.06 bits per heavy atom. The lowest BCUT2D eigenvalue weighted by Gasteiger charge is -2.24. The summed E-state index contributed by atoms with van der Waals surface area (Å²) in [7, 11) is 1.83. The van der Waals surface area contributed by atoms with Crippen LogP contribution < -0.4 is 10.1 Å². The van der Waals surface area contributed by atoms with Crippen LogP contribution in [0.1, 0.15) is 29.0 Å². The summed E-state index contributed by atoms with van der Waals surface area (Å²) in [4.78, 5) is 17.4. The third kappa shape index (κ3) is 3.86. The number of rotatable bonds is 5. The van der Waals surface area contributed by atoms with Gasteiger partial charge >= 0.3 is 5.97 Å². The number of para-hydroxylation sites is 1. The van der Waals surface area contributed by atoms with Crippen molar-refractivity contribution < 1.29 is 14.3 Å². The maximum Gasteiger partial charge on any atom is 0.374 e. The van der Waals surface area contributed by atoms with Gasteiger partial charge in [0.2, 0.25) is 5.82 Å². The van der Waals surface area contributed by atoms with E-state index < -0.39 is 5.97 Å². The Bertz CT molecular complexity index is 1240. The van der Waals surface area contributed by atoms with E-state index in [9.17, 15) is 4.79 Å². The van der Waals surface area contributed by atoms with Crippen LogP contribution in [0.2, 0.25) is 0 Å². The van der Waals surface area contributed by atoms with E-state index in [0.717, 1.165) is 59.0 Å². The van der Waals surface area contributed by atoms with E-state index in [1.54, 1.807) is 4.57 Å². The molecule has 158 valence electrons. The zero-order valence-corrected chi connectivity index (χ0v) is 17.5. The van der Waals surface area contributed by atoms with Crippen molar-refractivity contribution in [2.75, 3.05) is 13.1 Å². The number of aromatic nitrogens is 2. The molecule has 4 aromatic rings. The molecule has 0 atom stereocenters. The first kappa shape index (κ1) is 19.6. The standard InChI is InChI=1S/C25H25N3O3/c1-28-23-21(10-5-11-22(23)31-19-12-14-26-15-13-19)27-24(28)25(29)30-16-18-8-4-7-17-6-2-3-9-20(17)18/h2-11,19,26H,12-16H2,1H3. The van der Waals surface area contributed by atoms with Crippen LogP contribution in [0, 0.1) is 0 Å². The number of nitrogens with zero attached hydrogens (tertiary/aromatic N) is 2. The Labute approximate surface area is 180 Å². The fourth-order valence-electron chi connectivity index (χ4n) is 4.23. The predicted octanol–water partition coefficient (Wildman–Crippen LogP) is 4.21. The first-order valence-corrected chi connectivity index (χ1v) is 10.7. The maximum atomic E-state index is 12.9. The fraction of sp³-hybridized carbons (Fsp3) is 0.280. The van der Waals surface area contributed by atoms with Crippen molar-refractivity contribution in [3.8, 4) is 5.75 Å². The molecule has 0 amide bonds. The van der Waals surface area contributed by atoms with Crippen molar-refractivity contribution in [2.24, 2.45) is 7.05 Å². The zero-order valence-electron chi connectivity index (χ0n) is 17.5. The minimum atomic E-state index is -0.445. The minimum Gasteiger partial charge on any atom is -0.488 e. The molecule has 6 heteroatoms. The van der Waals surface area contributed by atoms with Crippen molar-refractivity contribution in [2.45, 2.75) is 25.6 Å². The third-order valence-corrected chi connectivity index (χ3v) is 5.86. The lowest BCUT2D eigenvalue weighted by atomic mass is 10.1. The van der Waals surface area contributed by atoms with Crippen LogP contribution in [0.4, 0.5) is 0 Å². The number of aryl methyl sites for hydroxylation is 1. The van der Waals surface area contributed by atoms with E-state index in [2.05, 4.69) is 22.4 Å². The molecule has 1 N–H and O–H groups in total. The Balaban J connectivity index is 1.38. The van der Waals surface area contributed by atoms with E-state index >= 15 is 0 Å². The van der Waals surface area contributed by atoms with E-state index in [1.165, 1.54) is 0 Å². The smallest absolute Gasteiger partial charge is 0.374 e. The highest BCUT2D eigenvalue weighted by molar-refractivity contribution is 5.93. The fourth-order valence-corrected chi connectivity index (χ4v) is 4.23. The monoisotopic (exact) mass is 415 g/mol. The van der Waals surface area contributed by atoms with Gasteiger partial charge in [0.15, 0.2) is 0 Å². The van der Waals surface area contributed by atoms with Crippen LogP contribution >= 0.6 is 0 Å². The van der Waals surface area contributed by atoms with Gasteiger partial charge in [-0.2, -0.15) is 0 Å². The molecule has 6 nitrogen and oxygen atoms in total. The van der Waals surface area contributed by atoms with Crippen molar-refractivity contribution in [3.05, 3.63) is 72.1 Å². The average molecular weight is 415 g/mol. The second-order valence-electron chi connectivity index (χ2n) is 7.90. The number of hydrogen-bond donors (Lipinski definition) is 1. The predicted molar refractivity (Wildman–Crippen MR) is 120 cm³/mol. The number of piperidine rings is 1. The molecule has 5 rings (SSSR count). The second-order valence-corrected chi connectivity index (χ2v) is 7.90. The Morgan fingerprint density at radius 3 is 2.71 bits per heavy atom. The first-order chi connectivity index (χ1) is 15.2. The van der Waals surface area contributed by atoms with E-state index in [1.807, 2.05) is 55.6 Å². The molecule has 0 bridgehead atoms. The number of esters is 1. The minimum absolute atomic E-state index is 0.170. The Hall–Kier alpha value is -3.38. The van der Waals surface area contributed by atoms with Crippen molar-refractivity contribution in [3.63, 3.8) is 0 Å². The van der Waals surface area contributed by atoms with Gasteiger partial charge in [-0.05, 0) is 54.4 Å². The van der Waals surface area contributed by atoms with E-state index in [-0.39, 0.29) is 18.5 Å². The summed E-state index contributed by atoms with van der Waals surface area (Å²) in [5, 5.41) is 5.56. The lowest BCUT2D eigenvalue weighted by molar-refractivity contribution is 0.0456. The Kier molecular flexibility index (Phi) is 5.30. The number of imidazole rings is 1. The molecule has 3 aromatic carbocycles. The quantitative estimate of drug-likeness (QED) is 0.495. The van der Waals surface area contributed by atoms with Gasteiger partial charge in [-0.25, -0.2) is 9.78 Å². The Morgan fingerprint density at radius 2 is 1.84 bits per heavy atom. The number of nitrogens with one attached hydrogen (secondary N) is 1. The van der Waals surface area contributed by atoms with Gasteiger partial charge in [-0.1, -0.05) is 48.5 Å². The number of carbonyl (C=O) groups excluding carboxylic acids is 1. The molecule has 0 spiro atoms. The van der Waals surface area contributed by atoms with Crippen LogP contribution in [0.15, 0.2) is 60.7 Å². The summed E-state index contributed by atoms with van der Waals surface area (Å²) >= 11 is 0. The summed E-state index contributed by atoms with van der Waals surface area (Å²) < 4.78 is 13.7. The highest BCUT2D eigenvalue weighted by Gasteiger charge is 2.22. The number of ether oxygens (including phenoxy) is 2. The van der Waals surface area contributed by atoms with Crippen molar-refractivity contribution in [1.82, 2.24) is 14.9 Å². The highest BCUT2D eigenvalue weighted by atomic mass is 16.5. The summed E-state index contributed by atoms with van der Waals surface area (Å²) in [5.41, 5.74) is 2.52. The molecule has 2 heterocycles. The molecular formula is C25H25N3O3. The van der Waals surface area contributed by atoms with Crippen LogP contribution in [-0.2, 0) is 18.4 Å². The molecule has 1 aliphatic heterocycles. The van der Waals surface area contributed by atoms with Crippen LogP contribution in [-0.4, -0.2) is 34.7 Å². The summed E-state index contributed by atoms with van der Waals surface area (Å²) in [5.74, 6) is 0.587. The summed E-state index contributed by atoms with van der Waals surface area (Å²) in [6.07, 6.45) is 2.10. The molecule has 0 unspecified atom stereocenters. The molecule has 1 fully saturated rings. The van der Waals surface area contributed by atoms with Crippen molar-refractivity contribution in [1.29, 1.82) is 0 Å². The SMILES string of the molecule is Cn1c(C(=O)OCc2cccc3ccccc23)nc2cccc(OC3CCNCC3)c21. The van der Waals surface area contributed by atoms with Gasteiger partial charge in [0.1, 0.15) is 24.0 Å². The van der Waals surface area contributed by atoms with E-state index in [0.29, 0.717) is 0 Å². The first-order valence-electron chi connectivity index (χ1n) is 10.7. The molecule has 1 saturated heterocycles. The zero-order chi connectivity index (χ0) is 21.2. The number of carbonyl (C=O) groups is 1. The van der Waals surface area contributed by atoms with E-state index in [4.69, 9.17) is 9.47 Å². The largest absolute Gasteiger partial charge is 0.488 e. The van der Waals surface area contributed by atoms with Gasteiger partial charge in [0.05, 0.1) is 5.52 Å². The maximum absolute atomic E-state index is 12.9. The van der Waals surface area contributed by atoms with Crippen LogP contribution in [0.3, 0.4) is 0 Å². The second kappa shape index (κ2) is 8.40. The van der Waals surface area contributed by atoms with Gasteiger partial charge in [-0.3, -0.25) is 0 Å². The average Bonchev–Trinajstić information content (AvgIpc) is 3.15. The molecule has 31 heavy (non-hydrogen) atoms. The number of fused-ring (bicyclic) bond motifs is 2. The normalized spacial score (nSPS) is 14.7. The molecule has 1 aromatic heterocycles. The summed E-state index contributed by atoms with van der Waals surface area (Å²) in [6.45, 7) is 2.11. The molecule has 0 saturated carbocycles. The molecular weight excluding hydrogens is 390 g/mol.